The molecule has 20 heavy (non-hydrogen) atoms. The van der Waals surface area contributed by atoms with E-state index < -0.39 is 23.8 Å². The average Bonchev–Trinajstić information content (AvgIpc) is 2.31. The smallest absolute Gasteiger partial charge is 0.343 e. The number of ether oxygens (including phenoxy) is 1. The molecule has 1 aliphatic heterocycles. The van der Waals surface area contributed by atoms with Crippen molar-refractivity contribution in [3.63, 3.8) is 0 Å². The summed E-state index contributed by atoms with van der Waals surface area (Å²) in [6.07, 6.45) is -0.698. The number of phenols is 2. The first-order valence-electron chi connectivity index (χ1n) is 6.20. The third kappa shape index (κ3) is 1.69. The molecule has 0 bridgehead atoms. The average molecular weight is 278 g/mol. The maximum absolute atomic E-state index is 12.0. The Labute approximate surface area is 114 Å². The third-order valence-corrected chi connectivity index (χ3v) is 3.81. The van der Waals surface area contributed by atoms with E-state index in [1.54, 1.807) is 6.92 Å². The first-order valence-corrected chi connectivity index (χ1v) is 6.20. The van der Waals surface area contributed by atoms with E-state index in [-0.39, 0.29) is 23.5 Å². The van der Waals surface area contributed by atoms with Crippen molar-refractivity contribution in [3.8, 4) is 11.5 Å². The number of carbonyl (C=O) groups is 1. The predicted octanol–water partition coefficient (Wildman–Crippen LogP) is 0.536. The van der Waals surface area contributed by atoms with Crippen LogP contribution in [0.15, 0.2) is 18.2 Å². The number of aromatic hydroxyl groups is 2. The number of aliphatic hydroxyl groups excluding tert-OH is 2. The molecule has 6 heteroatoms. The standard InChI is InChI=1S/C14H14O6/c1-14-5-11(18)9(16)4-8(14)7-2-6(15)3-10(17)12(7)13(19)20-14/h2-4,9,11,15-18H,5H2,1H3/t9-,11-,14+/m0/s1. The molecule has 0 unspecified atom stereocenters. The number of esters is 1. The summed E-state index contributed by atoms with van der Waals surface area (Å²) in [6, 6.07) is 2.39. The van der Waals surface area contributed by atoms with Crippen LogP contribution in [0.3, 0.4) is 0 Å². The number of rotatable bonds is 0. The van der Waals surface area contributed by atoms with Gasteiger partial charge in [0.05, 0.1) is 12.2 Å². The lowest BCUT2D eigenvalue weighted by molar-refractivity contribution is -0.0387. The fourth-order valence-electron chi connectivity index (χ4n) is 2.85. The summed E-state index contributed by atoms with van der Waals surface area (Å²) in [4.78, 5) is 12.0. The van der Waals surface area contributed by atoms with Crippen LogP contribution in [0.2, 0.25) is 0 Å². The second-order valence-corrected chi connectivity index (χ2v) is 5.35. The van der Waals surface area contributed by atoms with Gasteiger partial charge in [0.2, 0.25) is 0 Å². The van der Waals surface area contributed by atoms with Crippen molar-refractivity contribution in [3.05, 3.63) is 29.3 Å². The minimum atomic E-state index is -1.09. The van der Waals surface area contributed by atoms with Crippen LogP contribution in [0.25, 0.3) is 5.57 Å². The Morgan fingerprint density at radius 3 is 2.70 bits per heavy atom. The maximum Gasteiger partial charge on any atom is 0.343 e. The zero-order valence-electron chi connectivity index (χ0n) is 10.7. The Balaban J connectivity index is 2.28. The molecule has 0 spiro atoms. The van der Waals surface area contributed by atoms with Gasteiger partial charge in [-0.2, -0.15) is 0 Å². The number of aliphatic hydroxyl groups is 2. The van der Waals surface area contributed by atoms with Crippen LogP contribution in [0.4, 0.5) is 0 Å². The number of phenolic OH excluding ortho intramolecular Hbond substituents is 2. The molecule has 1 aliphatic carbocycles. The van der Waals surface area contributed by atoms with E-state index in [9.17, 15) is 25.2 Å². The number of fused-ring (bicyclic) bond motifs is 3. The lowest BCUT2D eigenvalue weighted by Gasteiger charge is -2.42. The van der Waals surface area contributed by atoms with E-state index >= 15 is 0 Å². The van der Waals surface area contributed by atoms with Gasteiger partial charge < -0.3 is 25.2 Å². The zero-order chi connectivity index (χ0) is 14.7. The first kappa shape index (κ1) is 13.0. The molecule has 0 amide bonds. The van der Waals surface area contributed by atoms with Crippen LogP contribution in [-0.2, 0) is 4.74 Å². The molecule has 2 aliphatic rings. The second-order valence-electron chi connectivity index (χ2n) is 5.35. The molecular formula is C14H14O6. The molecule has 106 valence electrons. The van der Waals surface area contributed by atoms with Crippen LogP contribution < -0.4 is 0 Å². The van der Waals surface area contributed by atoms with Gasteiger partial charge in [-0.1, -0.05) is 0 Å². The fraction of sp³-hybridized carbons (Fsp3) is 0.357. The normalized spacial score (nSPS) is 31.9. The van der Waals surface area contributed by atoms with E-state index in [4.69, 9.17) is 4.74 Å². The molecule has 0 saturated heterocycles. The maximum atomic E-state index is 12.0. The van der Waals surface area contributed by atoms with Crippen LogP contribution in [-0.4, -0.2) is 44.2 Å². The Morgan fingerprint density at radius 2 is 2.00 bits per heavy atom. The van der Waals surface area contributed by atoms with Gasteiger partial charge in [-0.05, 0) is 19.1 Å². The highest BCUT2D eigenvalue weighted by Crippen LogP contribution is 2.47. The molecule has 0 saturated carbocycles. The Morgan fingerprint density at radius 1 is 1.30 bits per heavy atom. The van der Waals surface area contributed by atoms with Crippen molar-refractivity contribution < 1.29 is 30.0 Å². The molecule has 4 N–H and O–H groups in total. The highest BCUT2D eigenvalue weighted by atomic mass is 16.6. The quantitative estimate of drug-likeness (QED) is 0.516. The summed E-state index contributed by atoms with van der Waals surface area (Å²) in [5, 5.41) is 38.9. The SMILES string of the molecule is C[C@@]12C[C@H](O)[C@@H](O)C=C1c1cc(O)cc(O)c1C(=O)O2. The predicted molar refractivity (Wildman–Crippen MR) is 68.2 cm³/mol. The van der Waals surface area contributed by atoms with Crippen molar-refractivity contribution in [1.29, 1.82) is 0 Å². The van der Waals surface area contributed by atoms with Gasteiger partial charge in [0.25, 0.3) is 0 Å². The van der Waals surface area contributed by atoms with Gasteiger partial charge in [0.1, 0.15) is 22.7 Å². The summed E-state index contributed by atoms with van der Waals surface area (Å²) in [6.45, 7) is 1.62. The van der Waals surface area contributed by atoms with Gasteiger partial charge >= 0.3 is 5.97 Å². The topological polar surface area (TPSA) is 107 Å². The second kappa shape index (κ2) is 3.97. The van der Waals surface area contributed by atoms with Gasteiger partial charge in [0.15, 0.2) is 0 Å². The molecule has 3 rings (SSSR count). The van der Waals surface area contributed by atoms with E-state index in [1.165, 1.54) is 12.1 Å². The van der Waals surface area contributed by atoms with Crippen LogP contribution in [0.5, 0.6) is 11.5 Å². The first-order chi connectivity index (χ1) is 9.32. The van der Waals surface area contributed by atoms with E-state index in [0.717, 1.165) is 6.07 Å². The van der Waals surface area contributed by atoms with E-state index in [1.807, 2.05) is 0 Å². The molecule has 1 aromatic carbocycles. The Kier molecular flexibility index (Phi) is 2.57. The molecule has 0 aromatic heterocycles. The third-order valence-electron chi connectivity index (χ3n) is 3.81. The lowest BCUT2D eigenvalue weighted by atomic mass is 9.75. The van der Waals surface area contributed by atoms with Crippen molar-refractivity contribution in [2.75, 3.05) is 0 Å². The van der Waals surface area contributed by atoms with Gasteiger partial charge in [-0.15, -0.1) is 0 Å². The van der Waals surface area contributed by atoms with E-state index in [2.05, 4.69) is 0 Å². The summed E-state index contributed by atoms with van der Waals surface area (Å²) < 4.78 is 5.32. The van der Waals surface area contributed by atoms with Gasteiger partial charge in [-0.3, -0.25) is 0 Å². The van der Waals surface area contributed by atoms with Crippen LogP contribution >= 0.6 is 0 Å². The van der Waals surface area contributed by atoms with Crippen molar-refractivity contribution in [1.82, 2.24) is 0 Å². The Hall–Kier alpha value is -2.05. The fourth-order valence-corrected chi connectivity index (χ4v) is 2.85. The number of benzene rings is 1. The molecule has 1 heterocycles. The summed E-state index contributed by atoms with van der Waals surface area (Å²) in [5.41, 5.74) is -0.360. The highest BCUT2D eigenvalue weighted by molar-refractivity contribution is 6.03. The minimum absolute atomic E-state index is 0.0433. The molecule has 1 aromatic rings. The van der Waals surface area contributed by atoms with Crippen LogP contribution in [0.1, 0.15) is 29.3 Å². The number of hydrogen-bond acceptors (Lipinski definition) is 6. The summed E-state index contributed by atoms with van der Waals surface area (Å²) in [7, 11) is 0. The molecule has 3 atom stereocenters. The zero-order valence-corrected chi connectivity index (χ0v) is 10.7. The van der Waals surface area contributed by atoms with Crippen molar-refractivity contribution in [2.45, 2.75) is 31.2 Å². The van der Waals surface area contributed by atoms with Gasteiger partial charge in [-0.25, -0.2) is 4.79 Å². The highest BCUT2D eigenvalue weighted by Gasteiger charge is 2.47. The molecule has 0 fully saturated rings. The molecule has 0 radical (unpaired) electrons. The number of carbonyl (C=O) groups excluding carboxylic acids is 1. The van der Waals surface area contributed by atoms with Gasteiger partial charge in [0, 0.05) is 23.6 Å². The monoisotopic (exact) mass is 278 g/mol. The Bertz CT molecular complexity index is 635. The number of hydrogen-bond donors (Lipinski definition) is 4. The van der Waals surface area contributed by atoms with Crippen molar-refractivity contribution >= 4 is 11.5 Å². The molecule has 6 nitrogen and oxygen atoms in total. The van der Waals surface area contributed by atoms with Crippen molar-refractivity contribution in [2.24, 2.45) is 0 Å². The van der Waals surface area contributed by atoms with Crippen LogP contribution in [0, 0.1) is 0 Å². The largest absolute Gasteiger partial charge is 0.508 e. The van der Waals surface area contributed by atoms with E-state index in [0.29, 0.717) is 11.1 Å². The minimum Gasteiger partial charge on any atom is -0.508 e. The summed E-state index contributed by atoms with van der Waals surface area (Å²) >= 11 is 0. The molecular weight excluding hydrogens is 264 g/mol. The summed E-state index contributed by atoms with van der Waals surface area (Å²) in [5.74, 6) is -1.30. The lowest BCUT2D eigenvalue weighted by Crippen LogP contribution is -2.47.